The molecule has 1 aromatic rings. The molecule has 0 spiro atoms. The summed E-state index contributed by atoms with van der Waals surface area (Å²) in [6.45, 7) is -0.432. The molecule has 0 bridgehead atoms. The van der Waals surface area contributed by atoms with Crippen LogP contribution in [0, 0.1) is 11.8 Å². The minimum absolute atomic E-state index is 0.0135. The van der Waals surface area contributed by atoms with Crippen LogP contribution in [-0.2, 0) is 23.9 Å². The lowest BCUT2D eigenvalue weighted by atomic mass is 9.85. The van der Waals surface area contributed by atoms with Gasteiger partial charge < -0.3 is 10.1 Å². The van der Waals surface area contributed by atoms with Gasteiger partial charge in [-0.1, -0.05) is 24.3 Å². The van der Waals surface area contributed by atoms with Crippen molar-refractivity contribution in [2.75, 3.05) is 24.7 Å². The molecule has 0 saturated carbocycles. The minimum atomic E-state index is -0.623. The summed E-state index contributed by atoms with van der Waals surface area (Å²) in [7, 11) is 0. The van der Waals surface area contributed by atoms with E-state index >= 15 is 0 Å². The third-order valence-corrected chi connectivity index (χ3v) is 5.68. The van der Waals surface area contributed by atoms with Crippen LogP contribution in [0.3, 0.4) is 0 Å². The largest absolute Gasteiger partial charge is 0.456 e. The molecule has 3 amide bonds. The number of anilines is 1. The Hall–Kier alpha value is -2.61. The van der Waals surface area contributed by atoms with Gasteiger partial charge in [0.05, 0.1) is 23.9 Å². The summed E-state index contributed by atoms with van der Waals surface area (Å²) in [5.41, 5.74) is 0.653. The normalized spacial score (nSPS) is 20.8. The van der Waals surface area contributed by atoms with Crippen molar-refractivity contribution in [2.45, 2.75) is 24.2 Å². The van der Waals surface area contributed by atoms with Gasteiger partial charge in [-0.2, -0.15) is 0 Å². The first-order chi connectivity index (χ1) is 13.5. The SMILES string of the molecule is CSc1ccccc1NC(=O)COC(=O)CCN1C(=O)[C@@H]2CC=CC[C@H]2C1=O. The highest BCUT2D eigenvalue weighted by Crippen LogP contribution is 2.35. The summed E-state index contributed by atoms with van der Waals surface area (Å²) in [6.07, 6.45) is 6.73. The molecule has 2 atom stereocenters. The number of hydrogen-bond donors (Lipinski definition) is 1. The van der Waals surface area contributed by atoms with E-state index in [-0.39, 0.29) is 36.6 Å². The average molecular weight is 402 g/mol. The van der Waals surface area contributed by atoms with Crippen molar-refractivity contribution in [2.24, 2.45) is 11.8 Å². The van der Waals surface area contributed by atoms with E-state index in [1.165, 1.54) is 11.8 Å². The molecule has 7 nitrogen and oxygen atoms in total. The van der Waals surface area contributed by atoms with Gasteiger partial charge >= 0.3 is 5.97 Å². The number of hydrogen-bond acceptors (Lipinski definition) is 6. The number of likely N-dealkylation sites (tertiary alicyclic amines) is 1. The smallest absolute Gasteiger partial charge is 0.308 e. The number of imide groups is 1. The van der Waals surface area contributed by atoms with Crippen molar-refractivity contribution in [3.8, 4) is 0 Å². The van der Waals surface area contributed by atoms with Crippen molar-refractivity contribution >= 4 is 41.1 Å². The zero-order valence-electron chi connectivity index (χ0n) is 15.6. The van der Waals surface area contributed by atoms with E-state index in [1.54, 1.807) is 12.1 Å². The standard InChI is InChI=1S/C20H22N2O5S/c1-28-16-9-5-4-8-15(16)21-17(23)12-27-18(24)10-11-22-19(25)13-6-2-3-7-14(13)20(22)26/h2-5,8-9,13-14H,6-7,10-12H2,1H3,(H,21,23)/t13-,14-/m1/s1. The highest BCUT2D eigenvalue weighted by molar-refractivity contribution is 7.98. The number of benzene rings is 1. The van der Waals surface area contributed by atoms with Gasteiger partial charge in [0.1, 0.15) is 0 Å². The predicted octanol–water partition coefficient (Wildman–Crippen LogP) is 2.23. The first-order valence-corrected chi connectivity index (χ1v) is 10.3. The number of fused-ring (bicyclic) bond motifs is 1. The highest BCUT2D eigenvalue weighted by Gasteiger charge is 2.46. The fourth-order valence-electron chi connectivity index (χ4n) is 3.44. The second-order valence-corrected chi connectivity index (χ2v) is 7.49. The zero-order valence-corrected chi connectivity index (χ0v) is 16.4. The summed E-state index contributed by atoms with van der Waals surface area (Å²) in [6, 6.07) is 7.32. The Morgan fingerprint density at radius 2 is 1.79 bits per heavy atom. The van der Waals surface area contributed by atoms with E-state index in [9.17, 15) is 19.2 Å². The van der Waals surface area contributed by atoms with Crippen LogP contribution in [-0.4, -0.2) is 48.0 Å². The third-order valence-electron chi connectivity index (χ3n) is 4.88. The Labute approximate surface area is 167 Å². The minimum Gasteiger partial charge on any atom is -0.456 e. The Kier molecular flexibility index (Phi) is 6.51. The number of carbonyl (C=O) groups excluding carboxylic acids is 4. The van der Waals surface area contributed by atoms with Gasteiger partial charge in [-0.3, -0.25) is 24.1 Å². The van der Waals surface area contributed by atoms with Crippen molar-refractivity contribution in [3.63, 3.8) is 0 Å². The first kappa shape index (κ1) is 20.1. The topological polar surface area (TPSA) is 92.8 Å². The van der Waals surface area contributed by atoms with Gasteiger partial charge in [0, 0.05) is 11.4 Å². The average Bonchev–Trinajstić information content (AvgIpc) is 2.95. The zero-order chi connectivity index (χ0) is 20.1. The Bertz CT molecular complexity index is 797. The van der Waals surface area contributed by atoms with Crippen molar-refractivity contribution < 1.29 is 23.9 Å². The number of ether oxygens (including phenoxy) is 1. The van der Waals surface area contributed by atoms with Crippen LogP contribution in [0.15, 0.2) is 41.3 Å². The summed E-state index contributed by atoms with van der Waals surface area (Å²) in [5, 5.41) is 2.70. The number of para-hydroxylation sites is 1. The second-order valence-electron chi connectivity index (χ2n) is 6.64. The lowest BCUT2D eigenvalue weighted by Crippen LogP contribution is -2.33. The van der Waals surface area contributed by atoms with Crippen LogP contribution in [0.1, 0.15) is 19.3 Å². The molecule has 1 aliphatic heterocycles. The summed E-state index contributed by atoms with van der Waals surface area (Å²) >= 11 is 1.50. The monoisotopic (exact) mass is 402 g/mol. The van der Waals surface area contributed by atoms with Crippen molar-refractivity contribution in [3.05, 3.63) is 36.4 Å². The number of allylic oxidation sites excluding steroid dienone is 2. The molecule has 28 heavy (non-hydrogen) atoms. The van der Waals surface area contributed by atoms with Crippen molar-refractivity contribution in [1.29, 1.82) is 0 Å². The van der Waals surface area contributed by atoms with Crippen LogP contribution in [0.25, 0.3) is 0 Å². The molecule has 8 heteroatoms. The van der Waals surface area contributed by atoms with Crippen LogP contribution in [0.5, 0.6) is 0 Å². The van der Waals surface area contributed by atoms with Gasteiger partial charge in [-0.05, 0) is 31.2 Å². The van der Waals surface area contributed by atoms with Gasteiger partial charge in [-0.25, -0.2) is 0 Å². The molecule has 0 unspecified atom stereocenters. The molecule has 1 aromatic carbocycles. The molecule has 0 aromatic heterocycles. The van der Waals surface area contributed by atoms with Gasteiger partial charge in [0.2, 0.25) is 11.8 Å². The summed E-state index contributed by atoms with van der Waals surface area (Å²) in [4.78, 5) is 50.7. The Balaban J connectivity index is 1.44. The first-order valence-electron chi connectivity index (χ1n) is 9.10. The summed E-state index contributed by atoms with van der Waals surface area (Å²) in [5.74, 6) is -2.13. The quantitative estimate of drug-likeness (QED) is 0.325. The highest BCUT2D eigenvalue weighted by atomic mass is 32.2. The number of thioether (sulfide) groups is 1. The lowest BCUT2D eigenvalue weighted by Gasteiger charge is -2.14. The fraction of sp³-hybridized carbons (Fsp3) is 0.400. The molecule has 2 aliphatic rings. The lowest BCUT2D eigenvalue weighted by molar-refractivity contribution is -0.148. The molecule has 1 saturated heterocycles. The van der Waals surface area contributed by atoms with Gasteiger partial charge in [0.25, 0.3) is 5.91 Å². The fourth-order valence-corrected chi connectivity index (χ4v) is 4.00. The van der Waals surface area contributed by atoms with E-state index in [0.29, 0.717) is 18.5 Å². The second kappa shape index (κ2) is 9.05. The summed E-state index contributed by atoms with van der Waals surface area (Å²) < 4.78 is 4.98. The van der Waals surface area contributed by atoms with E-state index in [4.69, 9.17) is 4.74 Å². The number of nitrogens with zero attached hydrogens (tertiary/aromatic N) is 1. The van der Waals surface area contributed by atoms with Crippen LogP contribution >= 0.6 is 11.8 Å². The Morgan fingerprint density at radius 3 is 2.43 bits per heavy atom. The van der Waals surface area contributed by atoms with E-state index in [2.05, 4.69) is 5.32 Å². The van der Waals surface area contributed by atoms with E-state index in [1.807, 2.05) is 30.5 Å². The van der Waals surface area contributed by atoms with Gasteiger partial charge in [0.15, 0.2) is 6.61 Å². The number of amides is 3. The van der Waals surface area contributed by atoms with Crippen molar-refractivity contribution in [1.82, 2.24) is 4.90 Å². The predicted molar refractivity (Wildman–Crippen MR) is 105 cm³/mol. The number of nitrogens with one attached hydrogen (secondary N) is 1. The maximum atomic E-state index is 12.3. The molecule has 3 rings (SSSR count). The number of esters is 1. The molecule has 1 aliphatic carbocycles. The van der Waals surface area contributed by atoms with Crippen LogP contribution in [0.2, 0.25) is 0 Å². The third kappa shape index (κ3) is 4.44. The molecule has 1 heterocycles. The molecule has 1 N–H and O–H groups in total. The number of rotatable bonds is 7. The molecular formula is C20H22N2O5S. The molecule has 0 radical (unpaired) electrons. The van der Waals surface area contributed by atoms with Crippen LogP contribution in [0.4, 0.5) is 5.69 Å². The van der Waals surface area contributed by atoms with E-state index < -0.39 is 18.5 Å². The number of carbonyl (C=O) groups is 4. The molecule has 148 valence electrons. The van der Waals surface area contributed by atoms with E-state index in [0.717, 1.165) is 9.80 Å². The molecular weight excluding hydrogens is 380 g/mol. The maximum Gasteiger partial charge on any atom is 0.308 e. The Morgan fingerprint density at radius 1 is 1.14 bits per heavy atom. The molecule has 1 fully saturated rings. The van der Waals surface area contributed by atoms with Crippen LogP contribution < -0.4 is 5.32 Å². The maximum absolute atomic E-state index is 12.3. The van der Waals surface area contributed by atoms with Gasteiger partial charge in [-0.15, -0.1) is 11.8 Å².